The number of hydrogen-bond donors (Lipinski definition) is 5. The van der Waals surface area contributed by atoms with Crippen LogP contribution in [0.5, 0.6) is 0 Å². The Morgan fingerprint density at radius 1 is 1.41 bits per heavy atom. The standard InChI is InChI=1S/C11H17N3O3/c1-11(6-15,7-16)10(17)14-13-9-4-2-3-8(12)5-9/h2-5,13,15-16H,6-7,12H2,1H3,(H,14,17). The molecule has 0 heterocycles. The first-order valence-electron chi connectivity index (χ1n) is 5.15. The Bertz CT molecular complexity index is 391. The van der Waals surface area contributed by atoms with Crippen LogP contribution in [0.25, 0.3) is 0 Å². The van der Waals surface area contributed by atoms with Crippen molar-refractivity contribution >= 4 is 17.3 Å². The molecule has 1 rings (SSSR count). The van der Waals surface area contributed by atoms with Crippen molar-refractivity contribution in [3.8, 4) is 0 Å². The van der Waals surface area contributed by atoms with Crippen LogP contribution in [0, 0.1) is 5.41 Å². The van der Waals surface area contributed by atoms with E-state index in [0.29, 0.717) is 11.4 Å². The zero-order valence-electron chi connectivity index (χ0n) is 9.60. The van der Waals surface area contributed by atoms with Crippen molar-refractivity contribution in [2.75, 3.05) is 24.4 Å². The van der Waals surface area contributed by atoms with Gasteiger partial charge in [0.05, 0.1) is 24.3 Å². The Labute approximate surface area is 99.4 Å². The highest BCUT2D eigenvalue weighted by atomic mass is 16.3. The third-order valence-electron chi connectivity index (χ3n) is 2.45. The van der Waals surface area contributed by atoms with E-state index in [1.807, 2.05) is 0 Å². The van der Waals surface area contributed by atoms with Crippen LogP contribution in [0.1, 0.15) is 6.92 Å². The molecule has 6 N–H and O–H groups in total. The SMILES string of the molecule is CC(CO)(CO)C(=O)NNc1cccc(N)c1. The van der Waals surface area contributed by atoms with E-state index in [-0.39, 0.29) is 0 Å². The summed E-state index contributed by atoms with van der Waals surface area (Å²) in [6.07, 6.45) is 0. The summed E-state index contributed by atoms with van der Waals surface area (Å²) in [6, 6.07) is 6.83. The summed E-state index contributed by atoms with van der Waals surface area (Å²) in [5.41, 5.74) is 10.6. The van der Waals surface area contributed by atoms with Crippen LogP contribution in [0.4, 0.5) is 11.4 Å². The molecule has 0 aliphatic carbocycles. The molecular weight excluding hydrogens is 222 g/mol. The first-order chi connectivity index (χ1) is 8.01. The van der Waals surface area contributed by atoms with Crippen LogP contribution in [0.15, 0.2) is 24.3 Å². The molecule has 0 atom stereocenters. The number of carbonyl (C=O) groups excluding carboxylic acids is 1. The predicted octanol–water partition coefficient (Wildman–Crippen LogP) is -0.297. The summed E-state index contributed by atoms with van der Waals surface area (Å²) in [5.74, 6) is -0.495. The van der Waals surface area contributed by atoms with Crippen molar-refractivity contribution in [3.05, 3.63) is 24.3 Å². The van der Waals surface area contributed by atoms with Gasteiger partial charge in [-0.15, -0.1) is 0 Å². The van der Waals surface area contributed by atoms with Gasteiger partial charge in [-0.25, -0.2) is 0 Å². The second-order valence-electron chi connectivity index (χ2n) is 4.08. The molecular formula is C11H17N3O3. The number of nitrogens with one attached hydrogen (secondary N) is 2. The van der Waals surface area contributed by atoms with E-state index < -0.39 is 24.5 Å². The Morgan fingerprint density at radius 3 is 2.59 bits per heavy atom. The maximum atomic E-state index is 11.7. The first-order valence-corrected chi connectivity index (χ1v) is 5.15. The molecule has 0 spiro atoms. The number of aliphatic hydroxyl groups is 2. The maximum absolute atomic E-state index is 11.7. The van der Waals surface area contributed by atoms with Gasteiger partial charge in [0.2, 0.25) is 5.91 Å². The number of anilines is 2. The Hall–Kier alpha value is -1.79. The third kappa shape index (κ3) is 3.33. The lowest BCUT2D eigenvalue weighted by Gasteiger charge is -2.23. The van der Waals surface area contributed by atoms with Gasteiger partial charge in [0.1, 0.15) is 0 Å². The number of hydrazine groups is 1. The number of nitrogens with two attached hydrogens (primary N) is 1. The molecule has 0 radical (unpaired) electrons. The van der Waals surface area contributed by atoms with E-state index in [4.69, 9.17) is 15.9 Å². The zero-order chi connectivity index (χ0) is 12.9. The lowest BCUT2D eigenvalue weighted by Crippen LogP contribution is -2.46. The number of carbonyl (C=O) groups is 1. The number of benzene rings is 1. The molecule has 0 fully saturated rings. The average Bonchev–Trinajstić information content (AvgIpc) is 2.35. The summed E-state index contributed by atoms with van der Waals surface area (Å²) in [4.78, 5) is 11.7. The fourth-order valence-corrected chi connectivity index (χ4v) is 1.09. The van der Waals surface area contributed by atoms with Crippen molar-refractivity contribution in [1.29, 1.82) is 0 Å². The zero-order valence-corrected chi connectivity index (χ0v) is 9.60. The van der Waals surface area contributed by atoms with E-state index in [9.17, 15) is 4.79 Å². The topological polar surface area (TPSA) is 108 Å². The lowest BCUT2D eigenvalue weighted by molar-refractivity contribution is -0.134. The number of amides is 1. The lowest BCUT2D eigenvalue weighted by atomic mass is 9.92. The average molecular weight is 239 g/mol. The van der Waals surface area contributed by atoms with E-state index in [2.05, 4.69) is 10.9 Å². The van der Waals surface area contributed by atoms with E-state index >= 15 is 0 Å². The summed E-state index contributed by atoms with van der Waals surface area (Å²) in [5, 5.41) is 18.1. The van der Waals surface area contributed by atoms with Crippen molar-refractivity contribution in [1.82, 2.24) is 5.43 Å². The van der Waals surface area contributed by atoms with Crippen LogP contribution >= 0.6 is 0 Å². The molecule has 1 amide bonds. The second-order valence-corrected chi connectivity index (χ2v) is 4.08. The quantitative estimate of drug-likeness (QED) is 0.358. The van der Waals surface area contributed by atoms with Crippen molar-refractivity contribution in [2.45, 2.75) is 6.92 Å². The number of nitrogen functional groups attached to an aromatic ring is 1. The number of aliphatic hydroxyl groups excluding tert-OH is 2. The minimum Gasteiger partial charge on any atom is -0.399 e. The molecule has 0 aliphatic heterocycles. The Kier molecular flexibility index (Phi) is 4.30. The largest absolute Gasteiger partial charge is 0.399 e. The minimum absolute atomic E-state index is 0.437. The number of hydrogen-bond acceptors (Lipinski definition) is 5. The van der Waals surface area contributed by atoms with Gasteiger partial charge in [0, 0.05) is 5.69 Å². The van der Waals surface area contributed by atoms with Crippen LogP contribution < -0.4 is 16.6 Å². The van der Waals surface area contributed by atoms with Crippen LogP contribution in [-0.4, -0.2) is 29.3 Å². The third-order valence-corrected chi connectivity index (χ3v) is 2.45. The van der Waals surface area contributed by atoms with Gasteiger partial charge in [-0.1, -0.05) is 6.07 Å². The fraction of sp³-hybridized carbons (Fsp3) is 0.364. The molecule has 94 valence electrons. The summed E-state index contributed by atoms with van der Waals surface area (Å²) in [7, 11) is 0. The van der Waals surface area contributed by atoms with Gasteiger partial charge < -0.3 is 15.9 Å². The summed E-state index contributed by atoms with van der Waals surface area (Å²) < 4.78 is 0. The van der Waals surface area contributed by atoms with Gasteiger partial charge in [0.25, 0.3) is 0 Å². The van der Waals surface area contributed by atoms with Crippen LogP contribution in [-0.2, 0) is 4.79 Å². The maximum Gasteiger partial charge on any atom is 0.248 e. The minimum atomic E-state index is -1.21. The van der Waals surface area contributed by atoms with Gasteiger partial charge >= 0.3 is 0 Å². The molecule has 0 bridgehead atoms. The van der Waals surface area contributed by atoms with Gasteiger partial charge in [-0.05, 0) is 25.1 Å². The second kappa shape index (κ2) is 5.51. The molecule has 6 nitrogen and oxygen atoms in total. The molecule has 1 aromatic carbocycles. The van der Waals surface area contributed by atoms with E-state index in [0.717, 1.165) is 0 Å². The molecule has 0 saturated carbocycles. The molecule has 17 heavy (non-hydrogen) atoms. The molecule has 1 aromatic rings. The molecule has 6 heteroatoms. The molecule has 0 saturated heterocycles. The Morgan fingerprint density at radius 2 is 2.06 bits per heavy atom. The molecule has 0 unspecified atom stereocenters. The normalized spacial score (nSPS) is 11.0. The highest BCUT2D eigenvalue weighted by Gasteiger charge is 2.31. The monoisotopic (exact) mass is 239 g/mol. The van der Waals surface area contributed by atoms with Crippen molar-refractivity contribution in [3.63, 3.8) is 0 Å². The smallest absolute Gasteiger partial charge is 0.248 e. The molecule has 0 aliphatic rings. The van der Waals surface area contributed by atoms with Gasteiger partial charge in [-0.2, -0.15) is 0 Å². The fourth-order valence-electron chi connectivity index (χ4n) is 1.09. The predicted molar refractivity (Wildman–Crippen MR) is 64.9 cm³/mol. The highest BCUT2D eigenvalue weighted by Crippen LogP contribution is 2.15. The molecule has 0 aromatic heterocycles. The number of rotatable bonds is 5. The summed E-state index contributed by atoms with van der Waals surface area (Å²) in [6.45, 7) is 0.589. The van der Waals surface area contributed by atoms with Crippen molar-refractivity contribution in [2.24, 2.45) is 5.41 Å². The highest BCUT2D eigenvalue weighted by molar-refractivity contribution is 5.83. The van der Waals surface area contributed by atoms with Crippen molar-refractivity contribution < 1.29 is 15.0 Å². The first kappa shape index (κ1) is 13.3. The van der Waals surface area contributed by atoms with E-state index in [1.165, 1.54) is 6.92 Å². The van der Waals surface area contributed by atoms with Gasteiger partial charge in [0.15, 0.2) is 0 Å². The van der Waals surface area contributed by atoms with E-state index in [1.54, 1.807) is 24.3 Å². The van der Waals surface area contributed by atoms with Gasteiger partial charge in [-0.3, -0.25) is 15.6 Å². The van der Waals surface area contributed by atoms with Crippen LogP contribution in [0.3, 0.4) is 0 Å². The van der Waals surface area contributed by atoms with Crippen LogP contribution in [0.2, 0.25) is 0 Å². The Balaban J connectivity index is 2.59. The summed E-state index contributed by atoms with van der Waals surface area (Å²) >= 11 is 0.